The Labute approximate surface area is 104 Å². The molecular formula is C13H25NOS. The molecule has 3 heteroatoms. The highest BCUT2D eigenvalue weighted by Gasteiger charge is 2.43. The smallest absolute Gasteiger partial charge is 0.0685 e. The molecule has 1 aliphatic carbocycles. The first kappa shape index (κ1) is 12.7. The zero-order valence-corrected chi connectivity index (χ0v) is 11.4. The van der Waals surface area contributed by atoms with E-state index in [2.05, 4.69) is 18.6 Å². The Morgan fingerprint density at radius 3 is 2.88 bits per heavy atom. The van der Waals surface area contributed by atoms with Gasteiger partial charge in [0.1, 0.15) is 0 Å². The first-order chi connectivity index (χ1) is 7.79. The van der Waals surface area contributed by atoms with E-state index < -0.39 is 0 Å². The molecule has 0 amide bonds. The average Bonchev–Trinajstić information content (AvgIpc) is 2.28. The molecule has 16 heavy (non-hydrogen) atoms. The highest BCUT2D eigenvalue weighted by molar-refractivity contribution is 7.98. The second-order valence-electron chi connectivity index (χ2n) is 5.31. The lowest BCUT2D eigenvalue weighted by atomic mass is 9.70. The van der Waals surface area contributed by atoms with Gasteiger partial charge >= 0.3 is 0 Å². The number of ether oxygens (including phenoxy) is 1. The van der Waals surface area contributed by atoms with Crippen LogP contribution in [0.25, 0.3) is 0 Å². The predicted octanol–water partition coefficient (Wildman–Crippen LogP) is 2.68. The van der Waals surface area contributed by atoms with Crippen LogP contribution in [0.3, 0.4) is 0 Å². The van der Waals surface area contributed by atoms with Gasteiger partial charge in [-0.1, -0.05) is 0 Å². The number of nitrogens with one attached hydrogen (secondary N) is 1. The van der Waals surface area contributed by atoms with Gasteiger partial charge in [0.15, 0.2) is 0 Å². The first-order valence-electron chi connectivity index (χ1n) is 6.60. The zero-order valence-electron chi connectivity index (χ0n) is 10.6. The van der Waals surface area contributed by atoms with Crippen LogP contribution < -0.4 is 5.32 Å². The molecule has 0 bridgehead atoms. The SMILES string of the molecule is CNC(CCSC)C1CCOC2(CCC2)C1. The third kappa shape index (κ3) is 2.74. The van der Waals surface area contributed by atoms with Gasteiger partial charge in [-0.05, 0) is 63.5 Å². The minimum Gasteiger partial charge on any atom is -0.375 e. The second-order valence-corrected chi connectivity index (χ2v) is 6.30. The molecule has 0 aromatic carbocycles. The van der Waals surface area contributed by atoms with Gasteiger partial charge in [0, 0.05) is 12.6 Å². The van der Waals surface area contributed by atoms with Crippen LogP contribution in [0.5, 0.6) is 0 Å². The lowest BCUT2D eigenvalue weighted by Gasteiger charge is -2.48. The Bertz CT molecular complexity index is 218. The minimum absolute atomic E-state index is 0.303. The summed E-state index contributed by atoms with van der Waals surface area (Å²) < 4.78 is 6.00. The molecule has 2 rings (SSSR count). The first-order valence-corrected chi connectivity index (χ1v) is 7.99. The van der Waals surface area contributed by atoms with Crippen LogP contribution in [0.15, 0.2) is 0 Å². The maximum atomic E-state index is 6.00. The molecule has 2 fully saturated rings. The largest absolute Gasteiger partial charge is 0.375 e. The van der Waals surface area contributed by atoms with E-state index in [1.54, 1.807) is 0 Å². The normalized spacial score (nSPS) is 30.0. The molecule has 1 spiro atoms. The number of thioether (sulfide) groups is 1. The van der Waals surface area contributed by atoms with Gasteiger partial charge in [0.25, 0.3) is 0 Å². The van der Waals surface area contributed by atoms with Crippen molar-refractivity contribution in [2.75, 3.05) is 25.7 Å². The van der Waals surface area contributed by atoms with E-state index in [9.17, 15) is 0 Å². The summed E-state index contributed by atoms with van der Waals surface area (Å²) >= 11 is 1.96. The molecule has 2 atom stereocenters. The van der Waals surface area contributed by atoms with Crippen molar-refractivity contribution in [3.8, 4) is 0 Å². The lowest BCUT2D eigenvalue weighted by molar-refractivity contribution is -0.147. The van der Waals surface area contributed by atoms with E-state index in [-0.39, 0.29) is 0 Å². The minimum atomic E-state index is 0.303. The summed E-state index contributed by atoms with van der Waals surface area (Å²) in [4.78, 5) is 0. The van der Waals surface area contributed by atoms with E-state index in [0.29, 0.717) is 11.6 Å². The molecule has 1 N–H and O–H groups in total. The van der Waals surface area contributed by atoms with Crippen molar-refractivity contribution in [2.45, 2.75) is 50.2 Å². The Morgan fingerprint density at radius 2 is 2.31 bits per heavy atom. The maximum Gasteiger partial charge on any atom is 0.0685 e. The molecule has 1 heterocycles. The zero-order chi connectivity index (χ0) is 11.4. The molecule has 0 aromatic rings. The fraction of sp³-hybridized carbons (Fsp3) is 1.00. The molecule has 94 valence electrons. The van der Waals surface area contributed by atoms with E-state index in [1.807, 2.05) is 11.8 Å². The highest BCUT2D eigenvalue weighted by Crippen LogP contribution is 2.45. The van der Waals surface area contributed by atoms with Gasteiger partial charge in [-0.15, -0.1) is 0 Å². The average molecular weight is 243 g/mol. The molecule has 1 aliphatic heterocycles. The van der Waals surface area contributed by atoms with Crippen LogP contribution in [0, 0.1) is 5.92 Å². The molecule has 2 unspecified atom stereocenters. The highest BCUT2D eigenvalue weighted by atomic mass is 32.2. The van der Waals surface area contributed by atoms with Gasteiger partial charge in [-0.2, -0.15) is 11.8 Å². The Hall–Kier alpha value is 0.270. The summed E-state index contributed by atoms with van der Waals surface area (Å²) in [5.74, 6) is 2.11. The third-order valence-electron chi connectivity index (χ3n) is 4.37. The molecular weight excluding hydrogens is 218 g/mol. The Balaban J connectivity index is 1.86. The summed E-state index contributed by atoms with van der Waals surface area (Å²) in [6.45, 7) is 0.988. The van der Waals surface area contributed by atoms with E-state index in [1.165, 1.54) is 44.3 Å². The van der Waals surface area contributed by atoms with Gasteiger partial charge in [0.05, 0.1) is 5.60 Å². The molecule has 2 nitrogen and oxygen atoms in total. The predicted molar refractivity (Wildman–Crippen MR) is 71.1 cm³/mol. The standard InChI is InChI=1S/C13H25NOS/c1-14-12(5-9-16-2)11-4-8-15-13(10-11)6-3-7-13/h11-12,14H,3-10H2,1-2H3. The van der Waals surface area contributed by atoms with Crippen molar-refractivity contribution < 1.29 is 4.74 Å². The topological polar surface area (TPSA) is 21.3 Å². The third-order valence-corrected chi connectivity index (χ3v) is 5.01. The number of hydrogen-bond acceptors (Lipinski definition) is 3. The van der Waals surface area contributed by atoms with Gasteiger partial charge in [-0.25, -0.2) is 0 Å². The van der Waals surface area contributed by atoms with E-state index >= 15 is 0 Å². The fourth-order valence-corrected chi connectivity index (χ4v) is 3.68. The summed E-state index contributed by atoms with van der Waals surface area (Å²) in [6.07, 6.45) is 10.0. The summed E-state index contributed by atoms with van der Waals surface area (Å²) in [5.41, 5.74) is 0.303. The van der Waals surface area contributed by atoms with Crippen LogP contribution in [-0.2, 0) is 4.74 Å². The van der Waals surface area contributed by atoms with E-state index in [4.69, 9.17) is 4.74 Å². The van der Waals surface area contributed by atoms with Crippen molar-refractivity contribution in [3.63, 3.8) is 0 Å². The summed E-state index contributed by atoms with van der Waals surface area (Å²) in [7, 11) is 2.12. The molecule has 2 aliphatic rings. The van der Waals surface area contributed by atoms with Crippen molar-refractivity contribution in [2.24, 2.45) is 5.92 Å². The van der Waals surface area contributed by atoms with Gasteiger partial charge in [0.2, 0.25) is 0 Å². The van der Waals surface area contributed by atoms with Gasteiger partial charge in [-0.3, -0.25) is 0 Å². The summed E-state index contributed by atoms with van der Waals surface area (Å²) in [6, 6.07) is 0.703. The van der Waals surface area contributed by atoms with E-state index in [0.717, 1.165) is 12.5 Å². The lowest BCUT2D eigenvalue weighted by Crippen LogP contribution is -2.49. The molecule has 1 saturated carbocycles. The van der Waals surface area contributed by atoms with Crippen LogP contribution in [0.4, 0.5) is 0 Å². The quantitative estimate of drug-likeness (QED) is 0.802. The Kier molecular flexibility index (Phi) is 4.57. The van der Waals surface area contributed by atoms with Crippen LogP contribution in [0.2, 0.25) is 0 Å². The van der Waals surface area contributed by atoms with Crippen LogP contribution in [0.1, 0.15) is 38.5 Å². The second kappa shape index (κ2) is 5.74. The number of hydrogen-bond donors (Lipinski definition) is 1. The monoisotopic (exact) mass is 243 g/mol. The van der Waals surface area contributed by atoms with Crippen molar-refractivity contribution in [1.82, 2.24) is 5.32 Å². The fourth-order valence-electron chi connectivity index (χ4n) is 3.19. The van der Waals surface area contributed by atoms with Crippen molar-refractivity contribution >= 4 is 11.8 Å². The van der Waals surface area contributed by atoms with Gasteiger partial charge < -0.3 is 10.1 Å². The number of rotatable bonds is 5. The molecule has 0 aromatic heterocycles. The summed E-state index contributed by atoms with van der Waals surface area (Å²) in [5, 5.41) is 3.52. The van der Waals surface area contributed by atoms with Crippen molar-refractivity contribution in [3.05, 3.63) is 0 Å². The van der Waals surface area contributed by atoms with Crippen LogP contribution >= 0.6 is 11.8 Å². The molecule has 0 radical (unpaired) electrons. The van der Waals surface area contributed by atoms with Crippen LogP contribution in [-0.4, -0.2) is 37.3 Å². The molecule has 1 saturated heterocycles. The Morgan fingerprint density at radius 1 is 1.50 bits per heavy atom. The maximum absolute atomic E-state index is 6.00. The van der Waals surface area contributed by atoms with Crippen molar-refractivity contribution in [1.29, 1.82) is 0 Å².